The maximum absolute atomic E-state index is 12.8. The standard InChI is InChI=1S/C7H11F2NO/c8-7(9)1-4-2-10-3-5(4)6(7)11/h4-6,10-11H,1-3H2. The molecule has 0 radical (unpaired) electrons. The Morgan fingerprint density at radius 1 is 1.36 bits per heavy atom. The molecule has 2 nitrogen and oxygen atoms in total. The highest BCUT2D eigenvalue weighted by Gasteiger charge is 2.55. The molecule has 64 valence electrons. The van der Waals surface area contributed by atoms with Gasteiger partial charge in [-0.2, -0.15) is 0 Å². The smallest absolute Gasteiger partial charge is 0.274 e. The van der Waals surface area contributed by atoms with E-state index in [1.165, 1.54) is 0 Å². The summed E-state index contributed by atoms with van der Waals surface area (Å²) in [7, 11) is 0. The number of fused-ring (bicyclic) bond motifs is 1. The minimum absolute atomic E-state index is 0.0139. The Balaban J connectivity index is 2.17. The number of alkyl halides is 2. The fourth-order valence-corrected chi connectivity index (χ4v) is 2.13. The molecule has 1 aliphatic heterocycles. The molecule has 0 spiro atoms. The summed E-state index contributed by atoms with van der Waals surface area (Å²) < 4.78 is 25.6. The second-order valence-electron chi connectivity index (χ2n) is 3.49. The van der Waals surface area contributed by atoms with Crippen LogP contribution in [0.3, 0.4) is 0 Å². The molecule has 1 saturated heterocycles. The van der Waals surface area contributed by atoms with Gasteiger partial charge in [0.15, 0.2) is 0 Å². The predicted octanol–water partition coefficient (Wildman–Crippen LogP) is 0.222. The van der Waals surface area contributed by atoms with Gasteiger partial charge in [0.05, 0.1) is 0 Å². The van der Waals surface area contributed by atoms with Gasteiger partial charge >= 0.3 is 0 Å². The van der Waals surface area contributed by atoms with Crippen molar-refractivity contribution >= 4 is 0 Å². The van der Waals surface area contributed by atoms with Gasteiger partial charge in [-0.05, 0) is 12.5 Å². The Morgan fingerprint density at radius 3 is 2.73 bits per heavy atom. The molecular formula is C7H11F2NO. The van der Waals surface area contributed by atoms with Gasteiger partial charge in [-0.25, -0.2) is 8.78 Å². The average Bonchev–Trinajstić information content (AvgIpc) is 2.39. The zero-order valence-corrected chi connectivity index (χ0v) is 6.06. The summed E-state index contributed by atoms with van der Waals surface area (Å²) in [5.74, 6) is -3.07. The lowest BCUT2D eigenvalue weighted by Crippen LogP contribution is -2.34. The van der Waals surface area contributed by atoms with Gasteiger partial charge in [0.25, 0.3) is 5.92 Å². The van der Waals surface area contributed by atoms with E-state index in [-0.39, 0.29) is 18.3 Å². The fraction of sp³-hybridized carbons (Fsp3) is 1.00. The molecule has 1 heterocycles. The van der Waals surface area contributed by atoms with Crippen LogP contribution < -0.4 is 5.32 Å². The van der Waals surface area contributed by atoms with E-state index in [9.17, 15) is 8.78 Å². The molecule has 2 N–H and O–H groups in total. The zero-order valence-electron chi connectivity index (χ0n) is 6.06. The summed E-state index contributed by atoms with van der Waals surface area (Å²) in [6.45, 7) is 1.18. The van der Waals surface area contributed by atoms with Crippen LogP contribution in [-0.4, -0.2) is 30.2 Å². The van der Waals surface area contributed by atoms with Gasteiger partial charge < -0.3 is 10.4 Å². The van der Waals surface area contributed by atoms with E-state index in [2.05, 4.69) is 5.32 Å². The van der Waals surface area contributed by atoms with Crippen molar-refractivity contribution in [2.75, 3.05) is 13.1 Å². The van der Waals surface area contributed by atoms with Crippen molar-refractivity contribution in [3.05, 3.63) is 0 Å². The van der Waals surface area contributed by atoms with E-state index in [0.29, 0.717) is 13.1 Å². The largest absolute Gasteiger partial charge is 0.387 e. The molecule has 1 saturated carbocycles. The molecule has 3 unspecified atom stereocenters. The summed E-state index contributed by atoms with van der Waals surface area (Å²) in [5, 5.41) is 12.1. The van der Waals surface area contributed by atoms with Crippen molar-refractivity contribution in [3.8, 4) is 0 Å². The number of nitrogens with one attached hydrogen (secondary N) is 1. The molecule has 0 bridgehead atoms. The molecule has 0 aromatic heterocycles. The van der Waals surface area contributed by atoms with Gasteiger partial charge in [0, 0.05) is 18.9 Å². The molecule has 2 aliphatic rings. The summed E-state index contributed by atoms with van der Waals surface area (Å²) in [6.07, 6.45) is -1.56. The third kappa shape index (κ3) is 0.964. The minimum atomic E-state index is -2.84. The first kappa shape index (κ1) is 7.43. The van der Waals surface area contributed by atoms with E-state index >= 15 is 0 Å². The first-order valence-electron chi connectivity index (χ1n) is 3.88. The van der Waals surface area contributed by atoms with Crippen molar-refractivity contribution in [2.24, 2.45) is 11.8 Å². The maximum Gasteiger partial charge on any atom is 0.274 e. The SMILES string of the molecule is OC1C2CNCC2CC1(F)F. The fourth-order valence-electron chi connectivity index (χ4n) is 2.13. The lowest BCUT2D eigenvalue weighted by atomic mass is 9.99. The van der Waals surface area contributed by atoms with Crippen LogP contribution in [0.15, 0.2) is 0 Å². The first-order chi connectivity index (χ1) is 5.11. The first-order valence-corrected chi connectivity index (χ1v) is 3.88. The Bertz CT molecular complexity index is 174. The van der Waals surface area contributed by atoms with Crippen LogP contribution in [0.4, 0.5) is 8.78 Å². The average molecular weight is 163 g/mol. The normalized spacial score (nSPS) is 47.7. The third-order valence-corrected chi connectivity index (χ3v) is 2.76. The Hall–Kier alpha value is -0.220. The summed E-state index contributed by atoms with van der Waals surface area (Å²) in [4.78, 5) is 0. The zero-order chi connectivity index (χ0) is 8.06. The van der Waals surface area contributed by atoms with E-state index < -0.39 is 12.0 Å². The number of hydrogen-bond acceptors (Lipinski definition) is 2. The highest BCUT2D eigenvalue weighted by molar-refractivity contribution is 5.00. The quantitative estimate of drug-likeness (QED) is 0.535. The summed E-state index contributed by atoms with van der Waals surface area (Å²) in [6, 6.07) is 0. The predicted molar refractivity (Wildman–Crippen MR) is 35.4 cm³/mol. The Kier molecular flexibility index (Phi) is 1.44. The number of rotatable bonds is 0. The lowest BCUT2D eigenvalue weighted by molar-refractivity contribution is -0.0978. The van der Waals surface area contributed by atoms with Crippen LogP contribution in [0, 0.1) is 11.8 Å². The lowest BCUT2D eigenvalue weighted by Gasteiger charge is -2.16. The van der Waals surface area contributed by atoms with E-state index in [0.717, 1.165) is 0 Å². The summed E-state index contributed by atoms with van der Waals surface area (Å²) >= 11 is 0. The van der Waals surface area contributed by atoms with Gasteiger partial charge in [0.2, 0.25) is 0 Å². The summed E-state index contributed by atoms with van der Waals surface area (Å²) in [5.41, 5.74) is 0. The number of hydrogen-bond donors (Lipinski definition) is 2. The van der Waals surface area contributed by atoms with Gasteiger partial charge in [-0.15, -0.1) is 0 Å². The van der Waals surface area contributed by atoms with Crippen molar-refractivity contribution in [1.29, 1.82) is 0 Å². The molecule has 1 aliphatic carbocycles. The molecule has 4 heteroatoms. The minimum Gasteiger partial charge on any atom is -0.387 e. The van der Waals surface area contributed by atoms with Crippen LogP contribution in [0.5, 0.6) is 0 Å². The second-order valence-corrected chi connectivity index (χ2v) is 3.49. The Morgan fingerprint density at radius 2 is 2.09 bits per heavy atom. The van der Waals surface area contributed by atoms with E-state index in [1.807, 2.05) is 0 Å². The van der Waals surface area contributed by atoms with Crippen molar-refractivity contribution in [1.82, 2.24) is 5.32 Å². The Labute approximate surface area is 63.6 Å². The van der Waals surface area contributed by atoms with Crippen molar-refractivity contribution in [2.45, 2.75) is 18.4 Å². The molecule has 0 aromatic carbocycles. The molecule has 3 atom stereocenters. The third-order valence-electron chi connectivity index (χ3n) is 2.76. The molecule has 0 amide bonds. The van der Waals surface area contributed by atoms with Crippen LogP contribution in [0.2, 0.25) is 0 Å². The second kappa shape index (κ2) is 2.14. The molecule has 11 heavy (non-hydrogen) atoms. The van der Waals surface area contributed by atoms with Crippen LogP contribution >= 0.6 is 0 Å². The topological polar surface area (TPSA) is 32.3 Å². The number of aliphatic hydroxyl groups excluding tert-OH is 1. The molecule has 0 aromatic rings. The van der Waals surface area contributed by atoms with Crippen LogP contribution in [0.1, 0.15) is 6.42 Å². The maximum atomic E-state index is 12.8. The highest BCUT2D eigenvalue weighted by Crippen LogP contribution is 2.44. The molecular weight excluding hydrogens is 152 g/mol. The van der Waals surface area contributed by atoms with Crippen LogP contribution in [0.25, 0.3) is 0 Å². The van der Waals surface area contributed by atoms with E-state index in [1.54, 1.807) is 0 Å². The van der Waals surface area contributed by atoms with Crippen LogP contribution in [-0.2, 0) is 0 Å². The number of halogens is 2. The molecule has 2 fully saturated rings. The van der Waals surface area contributed by atoms with Gasteiger partial charge in [-0.1, -0.05) is 0 Å². The molecule has 2 rings (SSSR count). The van der Waals surface area contributed by atoms with Crippen molar-refractivity contribution in [3.63, 3.8) is 0 Å². The van der Waals surface area contributed by atoms with Gasteiger partial charge in [-0.3, -0.25) is 0 Å². The highest BCUT2D eigenvalue weighted by atomic mass is 19.3. The van der Waals surface area contributed by atoms with Crippen molar-refractivity contribution < 1.29 is 13.9 Å². The number of aliphatic hydroxyl groups is 1. The monoisotopic (exact) mass is 163 g/mol. The van der Waals surface area contributed by atoms with E-state index in [4.69, 9.17) is 5.11 Å². The van der Waals surface area contributed by atoms with Gasteiger partial charge in [0.1, 0.15) is 6.10 Å².